The third kappa shape index (κ3) is 6.42. The van der Waals surface area contributed by atoms with Crippen molar-refractivity contribution in [3.8, 4) is 5.75 Å². The number of halogens is 3. The molecule has 0 radical (unpaired) electrons. The lowest BCUT2D eigenvalue weighted by atomic mass is 10.1. The molecule has 0 aliphatic heterocycles. The maximum absolute atomic E-state index is 12.6. The van der Waals surface area contributed by atoms with Crippen LogP contribution in [0, 0.1) is 6.92 Å². The van der Waals surface area contributed by atoms with E-state index in [0.29, 0.717) is 30.7 Å². The van der Waals surface area contributed by atoms with Gasteiger partial charge in [-0.2, -0.15) is 13.2 Å². The molecule has 2 rings (SSSR count). The van der Waals surface area contributed by atoms with Gasteiger partial charge in [-0.3, -0.25) is 0 Å². The van der Waals surface area contributed by atoms with Crippen LogP contribution in [0.2, 0.25) is 0 Å². The van der Waals surface area contributed by atoms with Crippen molar-refractivity contribution in [2.75, 3.05) is 13.2 Å². The molecule has 0 unspecified atom stereocenters. The summed E-state index contributed by atoms with van der Waals surface area (Å²) in [7, 11) is 0. The first-order valence-electron chi connectivity index (χ1n) is 8.59. The maximum Gasteiger partial charge on any atom is 0.434 e. The average molecular weight is 400 g/mol. The van der Waals surface area contributed by atoms with Gasteiger partial charge in [0.2, 0.25) is 0 Å². The van der Waals surface area contributed by atoms with Crippen molar-refractivity contribution < 1.29 is 17.9 Å². The zero-order valence-electron chi connectivity index (χ0n) is 15.5. The molecular formula is C18H23F3N4OS. The molecule has 0 atom stereocenters. The number of hydrogen-bond acceptors (Lipinski definition) is 4. The predicted octanol–water partition coefficient (Wildman–Crippen LogP) is 4.12. The third-order valence-corrected chi connectivity index (χ3v) is 4.40. The molecule has 0 bridgehead atoms. The van der Waals surface area contributed by atoms with Gasteiger partial charge < -0.3 is 15.4 Å². The van der Waals surface area contributed by atoms with Crippen molar-refractivity contribution in [1.82, 2.24) is 15.6 Å². The van der Waals surface area contributed by atoms with E-state index in [9.17, 15) is 13.2 Å². The van der Waals surface area contributed by atoms with E-state index < -0.39 is 11.9 Å². The minimum absolute atomic E-state index is 0.175. The van der Waals surface area contributed by atoms with Gasteiger partial charge in [0, 0.05) is 11.9 Å². The number of aliphatic imine (C=N–C) groups is 1. The van der Waals surface area contributed by atoms with E-state index in [2.05, 4.69) is 20.6 Å². The standard InChI is InChI=1S/C18H23F3N4OS/c1-4-22-17(24-10-16-25-15(11-27-16)18(19,20)21)23-9-13-6-7-14(26-5-2)12(3)8-13/h6-8,11H,4-5,9-10H2,1-3H3,(H2,22,23,24). The van der Waals surface area contributed by atoms with Crippen LogP contribution in [0.25, 0.3) is 0 Å². The van der Waals surface area contributed by atoms with Crippen LogP contribution in [0.15, 0.2) is 28.6 Å². The van der Waals surface area contributed by atoms with Gasteiger partial charge in [-0.15, -0.1) is 11.3 Å². The van der Waals surface area contributed by atoms with Crippen LogP contribution in [0.5, 0.6) is 5.75 Å². The molecule has 2 aromatic rings. The van der Waals surface area contributed by atoms with Crippen LogP contribution in [0.3, 0.4) is 0 Å². The first-order chi connectivity index (χ1) is 12.8. The molecule has 0 saturated carbocycles. The molecule has 9 heteroatoms. The summed E-state index contributed by atoms with van der Waals surface area (Å²) in [6, 6.07) is 5.87. The van der Waals surface area contributed by atoms with Gasteiger partial charge in [-0.1, -0.05) is 12.1 Å². The van der Waals surface area contributed by atoms with Crippen LogP contribution >= 0.6 is 11.3 Å². The second kappa shape index (κ2) is 9.59. The average Bonchev–Trinajstić information content (AvgIpc) is 3.09. The number of nitrogens with one attached hydrogen (secondary N) is 2. The highest BCUT2D eigenvalue weighted by Crippen LogP contribution is 2.29. The summed E-state index contributed by atoms with van der Waals surface area (Å²) in [4.78, 5) is 8.08. The summed E-state index contributed by atoms with van der Waals surface area (Å²) in [6.45, 7) is 7.69. The summed E-state index contributed by atoms with van der Waals surface area (Å²) < 4.78 is 43.4. The first-order valence-corrected chi connectivity index (χ1v) is 9.47. The quantitative estimate of drug-likeness (QED) is 0.542. The Morgan fingerprint density at radius 1 is 1.26 bits per heavy atom. The summed E-state index contributed by atoms with van der Waals surface area (Å²) in [5, 5.41) is 7.46. The van der Waals surface area contributed by atoms with Crippen molar-refractivity contribution in [1.29, 1.82) is 0 Å². The fraction of sp³-hybridized carbons (Fsp3) is 0.444. The number of aromatic nitrogens is 1. The van der Waals surface area contributed by atoms with E-state index in [1.165, 1.54) is 0 Å². The predicted molar refractivity (Wildman–Crippen MR) is 101 cm³/mol. The van der Waals surface area contributed by atoms with E-state index in [1.54, 1.807) is 0 Å². The number of nitrogens with zero attached hydrogens (tertiary/aromatic N) is 2. The Balaban J connectivity index is 1.99. The molecule has 0 aliphatic rings. The lowest BCUT2D eigenvalue weighted by Gasteiger charge is -2.11. The Morgan fingerprint density at radius 2 is 2.04 bits per heavy atom. The molecule has 27 heavy (non-hydrogen) atoms. The Hall–Kier alpha value is -2.29. The normalized spacial score (nSPS) is 12.1. The zero-order valence-corrected chi connectivity index (χ0v) is 16.3. The Morgan fingerprint density at radius 3 is 2.63 bits per heavy atom. The molecular weight excluding hydrogens is 377 g/mol. The third-order valence-electron chi connectivity index (χ3n) is 3.55. The van der Waals surface area contributed by atoms with E-state index in [4.69, 9.17) is 4.74 Å². The summed E-state index contributed by atoms with van der Waals surface area (Å²) in [5.41, 5.74) is 1.18. The number of hydrogen-bond donors (Lipinski definition) is 2. The number of thiazole rings is 1. The van der Waals surface area contributed by atoms with Crippen molar-refractivity contribution >= 4 is 17.3 Å². The highest BCUT2D eigenvalue weighted by molar-refractivity contribution is 7.09. The van der Waals surface area contributed by atoms with Crippen molar-refractivity contribution in [3.63, 3.8) is 0 Å². The topological polar surface area (TPSA) is 58.5 Å². The number of guanidine groups is 1. The largest absolute Gasteiger partial charge is 0.494 e. The Bertz CT molecular complexity index is 774. The zero-order chi connectivity index (χ0) is 19.9. The summed E-state index contributed by atoms with van der Waals surface area (Å²) >= 11 is 0.969. The summed E-state index contributed by atoms with van der Waals surface area (Å²) in [6.07, 6.45) is -4.42. The van der Waals surface area contributed by atoms with E-state index >= 15 is 0 Å². The molecule has 0 aliphatic carbocycles. The SMILES string of the molecule is CCNC(=NCc1ccc(OCC)c(C)c1)NCc1nc(C(F)(F)F)cs1. The fourth-order valence-electron chi connectivity index (χ4n) is 2.32. The lowest BCUT2D eigenvalue weighted by molar-refractivity contribution is -0.140. The second-order valence-corrected chi connectivity index (χ2v) is 6.65. The number of ether oxygens (including phenoxy) is 1. The molecule has 1 aromatic heterocycles. The van der Waals surface area contributed by atoms with E-state index in [0.717, 1.165) is 33.6 Å². The van der Waals surface area contributed by atoms with Crippen molar-refractivity contribution in [2.45, 2.75) is 40.0 Å². The number of aryl methyl sites for hydroxylation is 1. The number of rotatable bonds is 7. The van der Waals surface area contributed by atoms with E-state index in [-0.39, 0.29) is 6.54 Å². The number of benzene rings is 1. The molecule has 0 spiro atoms. The van der Waals surface area contributed by atoms with Crippen molar-refractivity contribution in [2.24, 2.45) is 4.99 Å². The minimum Gasteiger partial charge on any atom is -0.494 e. The maximum atomic E-state index is 12.6. The highest BCUT2D eigenvalue weighted by atomic mass is 32.1. The van der Waals surface area contributed by atoms with E-state index in [1.807, 2.05) is 39.0 Å². The van der Waals surface area contributed by atoms with Gasteiger partial charge in [-0.25, -0.2) is 9.98 Å². The molecule has 5 nitrogen and oxygen atoms in total. The van der Waals surface area contributed by atoms with Gasteiger partial charge in [0.25, 0.3) is 0 Å². The smallest absolute Gasteiger partial charge is 0.434 e. The second-order valence-electron chi connectivity index (χ2n) is 5.71. The Labute approximate surface area is 160 Å². The first kappa shape index (κ1) is 21.0. The van der Waals surface area contributed by atoms with Crippen LogP contribution in [-0.2, 0) is 19.3 Å². The van der Waals surface area contributed by atoms with Crippen LogP contribution in [-0.4, -0.2) is 24.1 Å². The number of alkyl halides is 3. The van der Waals surface area contributed by atoms with Gasteiger partial charge in [0.15, 0.2) is 11.7 Å². The Kier molecular flexibility index (Phi) is 7.46. The lowest BCUT2D eigenvalue weighted by Crippen LogP contribution is -2.36. The molecule has 0 saturated heterocycles. The summed E-state index contributed by atoms with van der Waals surface area (Å²) in [5.74, 6) is 1.37. The molecule has 0 amide bonds. The van der Waals surface area contributed by atoms with Gasteiger partial charge in [-0.05, 0) is 38.0 Å². The van der Waals surface area contributed by atoms with Gasteiger partial charge in [0.1, 0.15) is 10.8 Å². The van der Waals surface area contributed by atoms with Gasteiger partial charge >= 0.3 is 6.18 Å². The van der Waals surface area contributed by atoms with Crippen LogP contribution in [0.1, 0.15) is 35.7 Å². The highest BCUT2D eigenvalue weighted by Gasteiger charge is 2.33. The molecule has 148 valence electrons. The van der Waals surface area contributed by atoms with Crippen LogP contribution < -0.4 is 15.4 Å². The molecule has 1 heterocycles. The molecule has 0 fully saturated rings. The van der Waals surface area contributed by atoms with Crippen LogP contribution in [0.4, 0.5) is 13.2 Å². The monoisotopic (exact) mass is 400 g/mol. The van der Waals surface area contributed by atoms with Crippen molar-refractivity contribution in [3.05, 3.63) is 45.4 Å². The fourth-order valence-corrected chi connectivity index (χ4v) is 3.06. The van der Waals surface area contributed by atoms with Gasteiger partial charge in [0.05, 0.1) is 19.7 Å². The minimum atomic E-state index is -4.42. The molecule has 2 N–H and O–H groups in total. The molecule has 1 aromatic carbocycles.